The van der Waals surface area contributed by atoms with Gasteiger partial charge in [-0.3, -0.25) is 0 Å². The van der Waals surface area contributed by atoms with E-state index in [1.807, 2.05) is 0 Å². The molecule has 0 atom stereocenters. The van der Waals surface area contributed by atoms with Gasteiger partial charge in [-0.2, -0.15) is 4.98 Å². The summed E-state index contributed by atoms with van der Waals surface area (Å²) >= 11 is 0. The Labute approximate surface area is 166 Å². The Balaban J connectivity index is 1.49. The summed E-state index contributed by atoms with van der Waals surface area (Å²) in [4.78, 5) is 8.68. The number of benzene rings is 2. The number of anilines is 4. The molecule has 9 heteroatoms. The van der Waals surface area contributed by atoms with Crippen LogP contribution >= 0.6 is 0 Å². The number of halogens is 1. The predicted molar refractivity (Wildman–Crippen MR) is 108 cm³/mol. The van der Waals surface area contributed by atoms with Gasteiger partial charge in [0.1, 0.15) is 11.6 Å². The largest absolute Gasteiger partial charge is 0.340 e. The number of hydrogen-bond acceptors (Lipinski definition) is 6. The Morgan fingerprint density at radius 1 is 0.828 bits per heavy atom. The highest BCUT2D eigenvalue weighted by atomic mass is 32.2. The second kappa shape index (κ2) is 7.72. The summed E-state index contributed by atoms with van der Waals surface area (Å²) in [5.41, 5.74) is 1.33. The molecule has 2 heterocycles. The Morgan fingerprint density at radius 2 is 1.45 bits per heavy atom. The number of aromatic nitrogens is 3. The fourth-order valence-electron chi connectivity index (χ4n) is 2.61. The molecule has 0 radical (unpaired) electrons. The van der Waals surface area contributed by atoms with Gasteiger partial charge in [-0.15, -0.1) is 0 Å². The summed E-state index contributed by atoms with van der Waals surface area (Å²) in [6.45, 7) is 0. The molecule has 4 rings (SSSR count). The molecule has 4 aromatic rings. The van der Waals surface area contributed by atoms with Gasteiger partial charge in [-0.25, -0.2) is 21.8 Å². The summed E-state index contributed by atoms with van der Waals surface area (Å²) in [6.07, 6.45) is 4.54. The maximum absolute atomic E-state index is 13.0. The van der Waals surface area contributed by atoms with Crippen LogP contribution in [0.5, 0.6) is 0 Å². The van der Waals surface area contributed by atoms with Crippen molar-refractivity contribution in [2.24, 2.45) is 0 Å². The second-order valence-electron chi connectivity index (χ2n) is 6.06. The van der Waals surface area contributed by atoms with E-state index in [2.05, 4.69) is 20.6 Å². The van der Waals surface area contributed by atoms with Crippen LogP contribution in [0.25, 0.3) is 0 Å². The van der Waals surface area contributed by atoms with Gasteiger partial charge in [0.15, 0.2) is 0 Å². The molecular weight excluding hydrogens is 393 g/mol. The minimum absolute atomic E-state index is 0.173. The van der Waals surface area contributed by atoms with E-state index in [4.69, 9.17) is 0 Å². The van der Waals surface area contributed by atoms with Crippen molar-refractivity contribution in [3.8, 4) is 0 Å². The second-order valence-corrected chi connectivity index (χ2v) is 7.91. The fourth-order valence-corrected chi connectivity index (χ4v) is 3.79. The molecular formula is C20H16FN5O2S. The predicted octanol–water partition coefficient (Wildman–Crippen LogP) is 4.14. The van der Waals surface area contributed by atoms with Gasteiger partial charge in [0.25, 0.3) is 10.0 Å². The van der Waals surface area contributed by atoms with E-state index in [0.717, 1.165) is 3.97 Å². The first kappa shape index (κ1) is 18.6. The molecule has 0 bridgehead atoms. The topological polar surface area (TPSA) is 88.9 Å². The zero-order valence-electron chi connectivity index (χ0n) is 15.0. The lowest BCUT2D eigenvalue weighted by Gasteiger charge is -2.10. The summed E-state index contributed by atoms with van der Waals surface area (Å²) < 4.78 is 39.1. The molecule has 29 heavy (non-hydrogen) atoms. The number of hydrogen-bond donors (Lipinski definition) is 2. The van der Waals surface area contributed by atoms with Gasteiger partial charge in [-0.1, -0.05) is 0 Å². The summed E-state index contributed by atoms with van der Waals surface area (Å²) in [5, 5.41) is 6.09. The lowest BCUT2D eigenvalue weighted by atomic mass is 10.3. The van der Waals surface area contributed by atoms with Crippen molar-refractivity contribution in [2.75, 3.05) is 10.6 Å². The Kier molecular flexibility index (Phi) is 4.96. The third kappa shape index (κ3) is 4.25. The van der Waals surface area contributed by atoms with Crippen molar-refractivity contribution in [1.29, 1.82) is 0 Å². The molecule has 0 fully saturated rings. The molecule has 0 aliphatic heterocycles. The third-order valence-corrected chi connectivity index (χ3v) is 5.70. The Morgan fingerprint density at radius 3 is 2.14 bits per heavy atom. The number of rotatable bonds is 6. The lowest BCUT2D eigenvalue weighted by Crippen LogP contribution is -2.10. The molecule has 0 unspecified atom stereocenters. The van der Waals surface area contributed by atoms with Crippen LogP contribution in [0.3, 0.4) is 0 Å². The minimum Gasteiger partial charge on any atom is -0.340 e. The maximum Gasteiger partial charge on any atom is 0.267 e. The zero-order chi connectivity index (χ0) is 20.3. The van der Waals surface area contributed by atoms with E-state index < -0.39 is 10.0 Å². The van der Waals surface area contributed by atoms with Crippen molar-refractivity contribution >= 4 is 33.2 Å². The molecule has 7 nitrogen and oxygen atoms in total. The van der Waals surface area contributed by atoms with Gasteiger partial charge in [0, 0.05) is 30.0 Å². The van der Waals surface area contributed by atoms with Crippen LogP contribution in [0.15, 0.2) is 90.2 Å². The molecule has 0 spiro atoms. The van der Waals surface area contributed by atoms with Crippen LogP contribution in [0, 0.1) is 5.82 Å². The Bertz CT molecular complexity index is 1210. The molecule has 2 aromatic carbocycles. The van der Waals surface area contributed by atoms with Gasteiger partial charge >= 0.3 is 0 Å². The van der Waals surface area contributed by atoms with E-state index in [0.29, 0.717) is 23.1 Å². The molecule has 2 N–H and O–H groups in total. The summed E-state index contributed by atoms with van der Waals surface area (Å²) in [6, 6.07) is 17.2. The monoisotopic (exact) mass is 409 g/mol. The van der Waals surface area contributed by atoms with Gasteiger partial charge < -0.3 is 10.6 Å². The van der Waals surface area contributed by atoms with Crippen molar-refractivity contribution in [1.82, 2.24) is 13.9 Å². The van der Waals surface area contributed by atoms with E-state index in [1.165, 1.54) is 36.7 Å². The van der Waals surface area contributed by atoms with Gasteiger partial charge in [0.05, 0.1) is 4.90 Å². The number of nitrogens with zero attached hydrogens (tertiary/aromatic N) is 3. The van der Waals surface area contributed by atoms with Crippen LogP contribution in [0.2, 0.25) is 0 Å². The van der Waals surface area contributed by atoms with Crippen LogP contribution in [0.1, 0.15) is 0 Å². The highest BCUT2D eigenvalue weighted by molar-refractivity contribution is 7.90. The van der Waals surface area contributed by atoms with Crippen LogP contribution in [-0.4, -0.2) is 22.4 Å². The lowest BCUT2D eigenvalue weighted by molar-refractivity contribution is 0.587. The highest BCUT2D eigenvalue weighted by Gasteiger charge is 2.15. The van der Waals surface area contributed by atoms with E-state index in [9.17, 15) is 12.8 Å². The average Bonchev–Trinajstić information content (AvgIpc) is 3.26. The van der Waals surface area contributed by atoms with Crippen molar-refractivity contribution in [2.45, 2.75) is 4.90 Å². The molecule has 0 saturated carbocycles. The summed E-state index contributed by atoms with van der Waals surface area (Å²) in [7, 11) is -3.61. The first-order valence-corrected chi connectivity index (χ1v) is 10.1. The van der Waals surface area contributed by atoms with Crippen LogP contribution in [-0.2, 0) is 10.0 Å². The van der Waals surface area contributed by atoms with Crippen LogP contribution < -0.4 is 10.6 Å². The van der Waals surface area contributed by atoms with Gasteiger partial charge in [-0.05, 0) is 66.7 Å². The fraction of sp³-hybridized carbons (Fsp3) is 0. The molecule has 0 amide bonds. The molecule has 0 saturated heterocycles. The maximum atomic E-state index is 13.0. The summed E-state index contributed by atoms with van der Waals surface area (Å²) in [5.74, 6) is 0.543. The molecule has 2 aromatic heterocycles. The third-order valence-electron chi connectivity index (χ3n) is 4.04. The minimum atomic E-state index is -3.61. The standard InChI is InChI=1S/C20H16FN5O2S/c21-15-3-5-16(6-4-15)23-19-11-12-22-20(25-19)24-17-7-9-18(10-8-17)29(27,28)26-13-1-2-14-26/h1-14H,(H2,22,23,24,25). The van der Waals surface area contributed by atoms with Crippen molar-refractivity contribution in [3.05, 3.63) is 91.1 Å². The average molecular weight is 409 g/mol. The van der Waals surface area contributed by atoms with Crippen molar-refractivity contribution < 1.29 is 12.8 Å². The Hall–Kier alpha value is -3.72. The first-order chi connectivity index (χ1) is 14.0. The quantitative estimate of drug-likeness (QED) is 0.498. The zero-order valence-corrected chi connectivity index (χ0v) is 15.8. The number of nitrogens with one attached hydrogen (secondary N) is 2. The molecule has 0 aliphatic rings. The molecule has 146 valence electrons. The normalized spacial score (nSPS) is 11.2. The van der Waals surface area contributed by atoms with Crippen LogP contribution in [0.4, 0.5) is 27.5 Å². The SMILES string of the molecule is O=S(=O)(c1ccc(Nc2nccc(Nc3ccc(F)cc3)n2)cc1)n1cccc1. The smallest absolute Gasteiger partial charge is 0.267 e. The van der Waals surface area contributed by atoms with E-state index >= 15 is 0 Å². The first-order valence-electron chi connectivity index (χ1n) is 8.62. The van der Waals surface area contributed by atoms with Gasteiger partial charge in [0.2, 0.25) is 5.95 Å². The van der Waals surface area contributed by atoms with E-state index in [1.54, 1.807) is 48.7 Å². The molecule has 0 aliphatic carbocycles. The van der Waals surface area contributed by atoms with E-state index in [-0.39, 0.29) is 10.7 Å². The van der Waals surface area contributed by atoms with Crippen molar-refractivity contribution in [3.63, 3.8) is 0 Å². The highest BCUT2D eigenvalue weighted by Crippen LogP contribution is 2.20.